The number of hydrogen-bond acceptors (Lipinski definition) is 3. The van der Waals surface area contributed by atoms with Crippen molar-refractivity contribution >= 4 is 28.5 Å². The van der Waals surface area contributed by atoms with E-state index in [4.69, 9.17) is 0 Å². The lowest BCUT2D eigenvalue weighted by molar-refractivity contribution is 0.0927. The first kappa shape index (κ1) is 16.3. The van der Waals surface area contributed by atoms with Crippen LogP contribution >= 0.6 is 22.6 Å². The van der Waals surface area contributed by atoms with E-state index in [1.54, 1.807) is 18.3 Å². The van der Waals surface area contributed by atoms with Crippen molar-refractivity contribution < 1.29 is 4.79 Å². The van der Waals surface area contributed by atoms with Gasteiger partial charge in [-0.3, -0.25) is 9.78 Å². The molecular weight excluding hydrogens is 427 g/mol. The van der Waals surface area contributed by atoms with E-state index in [9.17, 15) is 4.79 Å². The molecule has 0 spiro atoms. The van der Waals surface area contributed by atoms with Crippen molar-refractivity contribution in [3.8, 4) is 5.69 Å². The van der Waals surface area contributed by atoms with Gasteiger partial charge in [0.25, 0.3) is 5.91 Å². The number of carbonyl (C=O) groups excluding carboxylic acids is 1. The van der Waals surface area contributed by atoms with Gasteiger partial charge in [-0.15, -0.1) is 0 Å². The van der Waals surface area contributed by atoms with Crippen LogP contribution in [0.25, 0.3) is 5.69 Å². The van der Waals surface area contributed by atoms with Gasteiger partial charge in [0.15, 0.2) is 0 Å². The van der Waals surface area contributed by atoms with Gasteiger partial charge in [0.05, 0.1) is 17.9 Å². The molecule has 6 heteroatoms. The molecule has 4 rings (SSSR count). The highest BCUT2D eigenvalue weighted by atomic mass is 127. The van der Waals surface area contributed by atoms with Crippen LogP contribution in [0.3, 0.4) is 0 Å². The molecule has 1 aliphatic rings. The van der Waals surface area contributed by atoms with Crippen LogP contribution in [0.15, 0.2) is 54.9 Å². The Hall–Kier alpha value is -2.22. The minimum absolute atomic E-state index is 0.0187. The van der Waals surface area contributed by atoms with Gasteiger partial charge in [0.1, 0.15) is 5.69 Å². The molecule has 25 heavy (non-hydrogen) atoms. The summed E-state index contributed by atoms with van der Waals surface area (Å²) >= 11 is 2.31. The van der Waals surface area contributed by atoms with E-state index >= 15 is 0 Å². The molecule has 1 N–H and O–H groups in total. The smallest absolute Gasteiger partial charge is 0.270 e. The molecule has 1 amide bonds. The first-order valence-corrected chi connectivity index (χ1v) is 9.35. The molecule has 5 nitrogen and oxygen atoms in total. The van der Waals surface area contributed by atoms with Crippen molar-refractivity contribution in [1.29, 1.82) is 0 Å². The summed E-state index contributed by atoms with van der Waals surface area (Å²) in [4.78, 5) is 16.6. The van der Waals surface area contributed by atoms with Gasteiger partial charge in [-0.1, -0.05) is 12.1 Å². The third-order valence-electron chi connectivity index (χ3n) is 4.44. The van der Waals surface area contributed by atoms with E-state index < -0.39 is 0 Å². The Morgan fingerprint density at radius 2 is 2.16 bits per heavy atom. The van der Waals surface area contributed by atoms with Crippen LogP contribution in [0.2, 0.25) is 0 Å². The Kier molecular flexibility index (Phi) is 4.52. The van der Waals surface area contributed by atoms with Crippen LogP contribution in [0.5, 0.6) is 0 Å². The van der Waals surface area contributed by atoms with Gasteiger partial charge in [-0.25, -0.2) is 4.68 Å². The molecule has 0 bridgehead atoms. The van der Waals surface area contributed by atoms with E-state index in [1.807, 2.05) is 23.0 Å². The summed E-state index contributed by atoms with van der Waals surface area (Å²) < 4.78 is 3.17. The lowest BCUT2D eigenvalue weighted by Gasteiger charge is -2.24. The predicted octanol–water partition coefficient (Wildman–Crippen LogP) is 3.68. The monoisotopic (exact) mass is 444 g/mol. The van der Waals surface area contributed by atoms with E-state index in [0.717, 1.165) is 30.5 Å². The Morgan fingerprint density at radius 3 is 2.96 bits per heavy atom. The summed E-state index contributed by atoms with van der Waals surface area (Å²) in [5.41, 5.74) is 3.79. The number of hydrogen-bond donors (Lipinski definition) is 1. The number of fused-ring (bicyclic) bond motifs is 1. The highest BCUT2D eigenvalue weighted by Crippen LogP contribution is 2.31. The number of nitrogens with zero attached hydrogens (tertiary/aromatic N) is 3. The number of pyridine rings is 1. The quantitative estimate of drug-likeness (QED) is 0.628. The van der Waals surface area contributed by atoms with Crippen LogP contribution in [0, 0.1) is 3.57 Å². The fourth-order valence-electron chi connectivity index (χ4n) is 3.27. The second-order valence-corrected chi connectivity index (χ2v) is 7.32. The van der Waals surface area contributed by atoms with E-state index in [-0.39, 0.29) is 11.9 Å². The molecule has 0 fully saturated rings. The normalized spacial score (nSPS) is 16.3. The average molecular weight is 444 g/mol. The third kappa shape index (κ3) is 3.30. The molecule has 1 atom stereocenters. The second-order valence-electron chi connectivity index (χ2n) is 6.07. The highest BCUT2D eigenvalue weighted by Gasteiger charge is 2.26. The Labute approximate surface area is 159 Å². The highest BCUT2D eigenvalue weighted by molar-refractivity contribution is 14.1. The van der Waals surface area contributed by atoms with E-state index in [1.165, 1.54) is 9.26 Å². The summed E-state index contributed by atoms with van der Waals surface area (Å²) in [7, 11) is 0. The number of nitrogens with one attached hydrogen (secondary N) is 1. The maximum atomic E-state index is 12.4. The SMILES string of the molecule is O=C(NC1CCCc2c1cnn2-c1cccc(I)c1)c1ccccn1. The summed E-state index contributed by atoms with van der Waals surface area (Å²) in [5.74, 6) is -0.138. The van der Waals surface area contributed by atoms with Crippen molar-refractivity contribution in [1.82, 2.24) is 20.1 Å². The number of carbonyl (C=O) groups is 1. The van der Waals surface area contributed by atoms with Crippen molar-refractivity contribution in [2.75, 3.05) is 0 Å². The molecule has 1 aliphatic carbocycles. The zero-order valence-corrected chi connectivity index (χ0v) is 15.7. The number of halogens is 1. The number of aromatic nitrogens is 3. The maximum absolute atomic E-state index is 12.4. The first-order valence-electron chi connectivity index (χ1n) is 8.27. The van der Waals surface area contributed by atoms with E-state index in [2.05, 4.69) is 56.2 Å². The molecule has 126 valence electrons. The summed E-state index contributed by atoms with van der Waals surface area (Å²) in [5, 5.41) is 7.70. The fraction of sp³-hybridized carbons (Fsp3) is 0.211. The van der Waals surface area contributed by atoms with Gasteiger partial charge in [0, 0.05) is 21.0 Å². The molecule has 1 aromatic carbocycles. The molecule has 3 aromatic rings. The molecule has 1 unspecified atom stereocenters. The van der Waals surface area contributed by atoms with Gasteiger partial charge in [-0.2, -0.15) is 5.10 Å². The largest absolute Gasteiger partial charge is 0.344 e. The van der Waals surface area contributed by atoms with Crippen LogP contribution < -0.4 is 5.32 Å². The minimum atomic E-state index is -0.138. The van der Waals surface area contributed by atoms with Crippen LogP contribution in [0.4, 0.5) is 0 Å². The topological polar surface area (TPSA) is 59.8 Å². The Morgan fingerprint density at radius 1 is 1.24 bits per heavy atom. The zero-order valence-electron chi connectivity index (χ0n) is 13.5. The molecule has 0 saturated carbocycles. The van der Waals surface area contributed by atoms with Gasteiger partial charge in [-0.05, 0) is 72.2 Å². The average Bonchev–Trinajstić information content (AvgIpc) is 3.07. The van der Waals surface area contributed by atoms with Crippen molar-refractivity contribution in [3.63, 3.8) is 0 Å². The number of amides is 1. The first-order chi connectivity index (χ1) is 12.2. The predicted molar refractivity (Wildman–Crippen MR) is 104 cm³/mol. The molecule has 2 aromatic heterocycles. The van der Waals surface area contributed by atoms with Crippen molar-refractivity contribution in [3.05, 3.63) is 75.4 Å². The standard InChI is InChI=1S/C19H17IN4O/c20-13-5-3-6-14(11-13)24-18-9-4-8-16(15(18)12-22-24)23-19(25)17-7-1-2-10-21-17/h1-3,5-7,10-12,16H,4,8-9H2,(H,23,25). The van der Waals surface area contributed by atoms with Crippen LogP contribution in [0.1, 0.15) is 40.6 Å². The number of rotatable bonds is 3. The van der Waals surface area contributed by atoms with Crippen LogP contribution in [-0.2, 0) is 6.42 Å². The summed E-state index contributed by atoms with van der Waals surface area (Å²) in [6.07, 6.45) is 6.43. The van der Waals surface area contributed by atoms with E-state index in [0.29, 0.717) is 5.69 Å². The van der Waals surface area contributed by atoms with Gasteiger partial charge in [0.2, 0.25) is 0 Å². The fourth-order valence-corrected chi connectivity index (χ4v) is 3.79. The molecule has 0 aliphatic heterocycles. The third-order valence-corrected chi connectivity index (χ3v) is 5.11. The second kappa shape index (κ2) is 6.95. The van der Waals surface area contributed by atoms with Gasteiger partial charge >= 0.3 is 0 Å². The van der Waals surface area contributed by atoms with Crippen molar-refractivity contribution in [2.24, 2.45) is 0 Å². The lowest BCUT2D eigenvalue weighted by atomic mass is 9.92. The molecule has 0 saturated heterocycles. The molecule has 2 heterocycles. The molecule has 0 radical (unpaired) electrons. The molecular formula is C19H17IN4O. The van der Waals surface area contributed by atoms with Crippen molar-refractivity contribution in [2.45, 2.75) is 25.3 Å². The van der Waals surface area contributed by atoms with Crippen LogP contribution in [-0.4, -0.2) is 20.7 Å². The Bertz CT molecular complexity index is 907. The summed E-state index contributed by atoms with van der Waals surface area (Å²) in [6, 6.07) is 13.6. The maximum Gasteiger partial charge on any atom is 0.270 e. The zero-order chi connectivity index (χ0) is 17.2. The Balaban J connectivity index is 1.62. The minimum Gasteiger partial charge on any atom is -0.344 e. The summed E-state index contributed by atoms with van der Waals surface area (Å²) in [6.45, 7) is 0. The number of benzene rings is 1. The van der Waals surface area contributed by atoms with Gasteiger partial charge < -0.3 is 5.32 Å². The lowest BCUT2D eigenvalue weighted by Crippen LogP contribution is -2.31.